The van der Waals surface area contributed by atoms with Crippen LogP contribution in [0.4, 0.5) is 5.69 Å². The van der Waals surface area contributed by atoms with Gasteiger partial charge in [0.15, 0.2) is 0 Å². The zero-order valence-corrected chi connectivity index (χ0v) is 15.1. The fourth-order valence-electron chi connectivity index (χ4n) is 2.52. The van der Waals surface area contributed by atoms with Gasteiger partial charge in [0, 0.05) is 17.5 Å². The van der Waals surface area contributed by atoms with Crippen molar-refractivity contribution in [3.05, 3.63) is 57.3 Å². The van der Waals surface area contributed by atoms with Crippen molar-refractivity contribution < 1.29 is 9.53 Å². The number of benzene rings is 2. The number of amides is 1. The molecule has 0 unspecified atom stereocenters. The number of aryl methyl sites for hydroxylation is 2. The number of fused-ring (bicyclic) bond motifs is 1. The first-order valence-electron chi connectivity index (χ1n) is 7.96. The third-order valence-electron chi connectivity index (χ3n) is 3.93. The van der Waals surface area contributed by atoms with Crippen molar-refractivity contribution in [3.8, 4) is 5.75 Å². The maximum Gasteiger partial charge on any atom is 0.277 e. The number of aromatic nitrogens is 3. The fraction of sp³-hybridized carbons (Fsp3) is 0.222. The lowest BCUT2D eigenvalue weighted by atomic mass is 10.2. The molecule has 0 aliphatic carbocycles. The van der Waals surface area contributed by atoms with Crippen LogP contribution in [0.3, 0.4) is 0 Å². The largest absolute Gasteiger partial charge is 0.495 e. The van der Waals surface area contributed by atoms with Crippen molar-refractivity contribution in [2.45, 2.75) is 19.9 Å². The summed E-state index contributed by atoms with van der Waals surface area (Å²) in [7, 11) is 1.50. The van der Waals surface area contributed by atoms with Crippen LogP contribution in [0, 0.1) is 6.92 Å². The minimum Gasteiger partial charge on any atom is -0.495 e. The van der Waals surface area contributed by atoms with E-state index in [0.717, 1.165) is 5.56 Å². The smallest absolute Gasteiger partial charge is 0.277 e. The lowest BCUT2D eigenvalue weighted by Crippen LogP contribution is -2.26. The van der Waals surface area contributed by atoms with Gasteiger partial charge in [0.25, 0.3) is 5.56 Å². The highest BCUT2D eigenvalue weighted by Crippen LogP contribution is 2.30. The molecular formula is C18H17ClN4O3. The molecule has 1 heterocycles. The molecule has 26 heavy (non-hydrogen) atoms. The van der Waals surface area contributed by atoms with Crippen LogP contribution in [0.15, 0.2) is 41.2 Å². The molecule has 1 amide bonds. The summed E-state index contributed by atoms with van der Waals surface area (Å²) in [6.45, 7) is 1.96. The predicted octanol–water partition coefficient (Wildman–Crippen LogP) is 2.79. The van der Waals surface area contributed by atoms with Gasteiger partial charge in [0.1, 0.15) is 11.3 Å². The van der Waals surface area contributed by atoms with Gasteiger partial charge < -0.3 is 10.1 Å². The second-order valence-electron chi connectivity index (χ2n) is 5.73. The first-order valence-corrected chi connectivity index (χ1v) is 8.34. The summed E-state index contributed by atoms with van der Waals surface area (Å²) in [5.74, 6) is 0.198. The number of carbonyl (C=O) groups excluding carboxylic acids is 1. The Kier molecular flexibility index (Phi) is 5.18. The maximum atomic E-state index is 12.4. The number of nitrogens with zero attached hydrogens (tertiary/aromatic N) is 3. The predicted molar refractivity (Wildman–Crippen MR) is 99.8 cm³/mol. The molecule has 0 saturated heterocycles. The molecule has 8 heteroatoms. The summed E-state index contributed by atoms with van der Waals surface area (Å²) < 4.78 is 6.42. The average Bonchev–Trinajstić information content (AvgIpc) is 2.64. The van der Waals surface area contributed by atoms with Crippen molar-refractivity contribution >= 4 is 34.1 Å². The number of rotatable bonds is 5. The first-order chi connectivity index (χ1) is 12.5. The minimum absolute atomic E-state index is 0.0672. The fourth-order valence-corrected chi connectivity index (χ4v) is 2.67. The lowest BCUT2D eigenvalue weighted by molar-refractivity contribution is -0.116. The van der Waals surface area contributed by atoms with Gasteiger partial charge in [-0.3, -0.25) is 9.59 Å². The number of methoxy groups -OCH3 is 1. The molecule has 0 bridgehead atoms. The molecule has 134 valence electrons. The number of ether oxygens (including phenoxy) is 1. The molecule has 1 N–H and O–H groups in total. The molecular weight excluding hydrogens is 356 g/mol. The van der Waals surface area contributed by atoms with Gasteiger partial charge in [-0.2, -0.15) is 0 Å². The van der Waals surface area contributed by atoms with E-state index in [4.69, 9.17) is 16.3 Å². The van der Waals surface area contributed by atoms with Gasteiger partial charge >= 0.3 is 0 Å². The Bertz CT molecular complexity index is 1030. The van der Waals surface area contributed by atoms with E-state index in [1.165, 1.54) is 11.8 Å². The Labute approximate surface area is 154 Å². The second-order valence-corrected chi connectivity index (χ2v) is 6.14. The van der Waals surface area contributed by atoms with E-state index in [2.05, 4.69) is 15.6 Å². The highest BCUT2D eigenvalue weighted by Gasteiger charge is 2.12. The Hall–Kier alpha value is -2.93. The van der Waals surface area contributed by atoms with Crippen LogP contribution in [0.25, 0.3) is 10.9 Å². The molecule has 0 aliphatic heterocycles. The highest BCUT2D eigenvalue weighted by molar-refractivity contribution is 6.31. The molecule has 1 aromatic heterocycles. The third kappa shape index (κ3) is 3.67. The normalized spacial score (nSPS) is 10.7. The number of carbonyl (C=O) groups is 1. The van der Waals surface area contributed by atoms with Crippen LogP contribution in [-0.4, -0.2) is 28.0 Å². The van der Waals surface area contributed by atoms with Crippen LogP contribution >= 0.6 is 11.6 Å². The van der Waals surface area contributed by atoms with E-state index < -0.39 is 0 Å². The quantitative estimate of drug-likeness (QED) is 0.744. The monoisotopic (exact) mass is 372 g/mol. The minimum atomic E-state index is -0.275. The van der Waals surface area contributed by atoms with E-state index in [9.17, 15) is 9.59 Å². The second kappa shape index (κ2) is 7.53. The summed E-state index contributed by atoms with van der Waals surface area (Å²) in [6, 6.07) is 10.3. The zero-order chi connectivity index (χ0) is 18.7. The third-order valence-corrected chi connectivity index (χ3v) is 4.34. The van der Waals surface area contributed by atoms with Crippen molar-refractivity contribution in [1.82, 2.24) is 15.0 Å². The van der Waals surface area contributed by atoms with Gasteiger partial charge in [-0.1, -0.05) is 28.9 Å². The number of anilines is 1. The van der Waals surface area contributed by atoms with E-state index in [0.29, 0.717) is 27.4 Å². The zero-order valence-electron chi connectivity index (χ0n) is 14.3. The lowest BCUT2D eigenvalue weighted by Gasteiger charge is -2.12. The van der Waals surface area contributed by atoms with Crippen molar-refractivity contribution in [3.63, 3.8) is 0 Å². The molecule has 0 atom stereocenters. The topological polar surface area (TPSA) is 86.1 Å². The summed E-state index contributed by atoms with van der Waals surface area (Å²) in [5, 5.41) is 11.7. The summed E-state index contributed by atoms with van der Waals surface area (Å²) >= 11 is 6.06. The summed E-state index contributed by atoms with van der Waals surface area (Å²) in [5.41, 5.74) is 1.60. The van der Waals surface area contributed by atoms with Crippen LogP contribution in [0.2, 0.25) is 5.02 Å². The summed E-state index contributed by atoms with van der Waals surface area (Å²) in [6.07, 6.45) is 0.0672. The van der Waals surface area contributed by atoms with Gasteiger partial charge in [-0.25, -0.2) is 4.68 Å². The molecule has 0 aliphatic rings. The molecule has 0 saturated carbocycles. The molecule has 0 spiro atoms. The Morgan fingerprint density at radius 3 is 2.85 bits per heavy atom. The Morgan fingerprint density at radius 2 is 2.08 bits per heavy atom. The van der Waals surface area contributed by atoms with Gasteiger partial charge in [0.2, 0.25) is 5.91 Å². The molecule has 3 aromatic rings. The van der Waals surface area contributed by atoms with Crippen molar-refractivity contribution in [2.75, 3.05) is 12.4 Å². The van der Waals surface area contributed by atoms with E-state index in [1.54, 1.807) is 36.4 Å². The van der Waals surface area contributed by atoms with E-state index in [1.807, 2.05) is 6.92 Å². The van der Waals surface area contributed by atoms with Crippen LogP contribution in [-0.2, 0) is 11.3 Å². The van der Waals surface area contributed by atoms with Gasteiger partial charge in [-0.15, -0.1) is 5.10 Å². The van der Waals surface area contributed by atoms with Crippen LogP contribution < -0.4 is 15.6 Å². The van der Waals surface area contributed by atoms with Crippen LogP contribution in [0.1, 0.15) is 12.0 Å². The van der Waals surface area contributed by atoms with Crippen LogP contribution in [0.5, 0.6) is 5.75 Å². The summed E-state index contributed by atoms with van der Waals surface area (Å²) in [4.78, 5) is 24.6. The molecule has 0 fully saturated rings. The Morgan fingerprint density at radius 1 is 1.31 bits per heavy atom. The molecule has 3 rings (SSSR count). The first kappa shape index (κ1) is 17.9. The van der Waals surface area contributed by atoms with Crippen molar-refractivity contribution in [1.29, 1.82) is 0 Å². The standard InChI is InChI=1S/C18H17ClN4O3/c1-11-9-15(16(26-2)10-13(11)19)20-17(24)7-8-23-18(25)12-5-3-4-6-14(12)21-22-23/h3-6,9-10H,7-8H2,1-2H3,(H,20,24). The van der Waals surface area contributed by atoms with Crippen molar-refractivity contribution in [2.24, 2.45) is 0 Å². The number of hydrogen-bond donors (Lipinski definition) is 1. The maximum absolute atomic E-state index is 12.4. The highest BCUT2D eigenvalue weighted by atomic mass is 35.5. The van der Waals surface area contributed by atoms with Gasteiger partial charge in [0.05, 0.1) is 24.7 Å². The SMILES string of the molecule is COc1cc(Cl)c(C)cc1NC(=O)CCn1nnc2ccccc2c1=O. The molecule has 2 aromatic carbocycles. The number of hydrogen-bond acceptors (Lipinski definition) is 5. The Balaban J connectivity index is 1.73. The molecule has 7 nitrogen and oxygen atoms in total. The average molecular weight is 373 g/mol. The number of halogens is 1. The molecule has 0 radical (unpaired) electrons. The van der Waals surface area contributed by atoms with Gasteiger partial charge in [-0.05, 0) is 30.7 Å². The van der Waals surface area contributed by atoms with E-state index >= 15 is 0 Å². The van der Waals surface area contributed by atoms with E-state index in [-0.39, 0.29) is 24.4 Å². The number of nitrogens with one attached hydrogen (secondary N) is 1.